The van der Waals surface area contributed by atoms with E-state index >= 15 is 0 Å². The van der Waals surface area contributed by atoms with Crippen molar-refractivity contribution in [2.24, 2.45) is 5.73 Å². The van der Waals surface area contributed by atoms with E-state index in [9.17, 15) is 4.79 Å². The van der Waals surface area contributed by atoms with E-state index in [-0.39, 0.29) is 17.9 Å². The second-order valence-corrected chi connectivity index (χ2v) is 11.9. The van der Waals surface area contributed by atoms with Gasteiger partial charge in [0, 0.05) is 58.2 Å². The van der Waals surface area contributed by atoms with Crippen LogP contribution in [0.4, 0.5) is 0 Å². The Bertz CT molecular complexity index is 1540. The topological polar surface area (TPSA) is 82.6 Å². The zero-order chi connectivity index (χ0) is 29.1. The molecule has 2 N–H and O–H groups in total. The number of aromatic nitrogens is 2. The van der Waals surface area contributed by atoms with Crippen LogP contribution in [0.2, 0.25) is 0 Å². The summed E-state index contributed by atoms with van der Waals surface area (Å²) in [6.07, 6.45) is 4.93. The van der Waals surface area contributed by atoms with Crippen molar-refractivity contribution in [1.82, 2.24) is 14.5 Å². The monoisotopic (exact) mass is 566 g/mol. The van der Waals surface area contributed by atoms with Crippen LogP contribution in [0.15, 0.2) is 60.7 Å². The van der Waals surface area contributed by atoms with Gasteiger partial charge in [0.2, 0.25) is 5.91 Å². The van der Waals surface area contributed by atoms with Crippen LogP contribution in [-0.2, 0) is 28.9 Å². The Morgan fingerprint density at radius 3 is 2.81 bits per heavy atom. The molecule has 0 spiro atoms. The average Bonchev–Trinajstić information content (AvgIpc) is 3.63. The van der Waals surface area contributed by atoms with E-state index in [0.29, 0.717) is 26.0 Å². The highest BCUT2D eigenvalue weighted by Crippen LogP contribution is 2.32. The van der Waals surface area contributed by atoms with Gasteiger partial charge in [0.25, 0.3) is 0 Å². The predicted molar refractivity (Wildman–Crippen MR) is 167 cm³/mol. The Balaban J connectivity index is 1.09. The molecule has 6 rings (SSSR count). The fourth-order valence-corrected chi connectivity index (χ4v) is 6.56. The maximum atomic E-state index is 13.4. The lowest BCUT2D eigenvalue weighted by atomic mass is 9.95. The molecule has 7 nitrogen and oxygen atoms in total. The number of benzene rings is 3. The molecule has 0 aliphatic carbocycles. The maximum absolute atomic E-state index is 13.4. The number of amides is 1. The molecular weight excluding hydrogens is 524 g/mol. The Labute approximate surface area is 248 Å². The number of ether oxygens (including phenoxy) is 2. The second-order valence-electron chi connectivity index (χ2n) is 11.9. The Hall–Kier alpha value is -3.68. The average molecular weight is 567 g/mol. The number of rotatable bonds is 10. The van der Waals surface area contributed by atoms with Crippen molar-refractivity contribution in [3.8, 4) is 16.9 Å². The van der Waals surface area contributed by atoms with Crippen LogP contribution in [-0.4, -0.2) is 59.8 Å². The first-order chi connectivity index (χ1) is 20.5. The summed E-state index contributed by atoms with van der Waals surface area (Å²) in [5, 5.41) is 0. The summed E-state index contributed by atoms with van der Waals surface area (Å²) >= 11 is 0. The van der Waals surface area contributed by atoms with Crippen molar-refractivity contribution in [1.29, 1.82) is 0 Å². The van der Waals surface area contributed by atoms with Gasteiger partial charge in [0.1, 0.15) is 11.6 Å². The number of fused-ring (bicyclic) bond motifs is 2. The summed E-state index contributed by atoms with van der Waals surface area (Å²) in [6, 6.07) is 21.1. The molecule has 1 amide bonds. The Kier molecular flexibility index (Phi) is 8.58. The zero-order valence-electron chi connectivity index (χ0n) is 24.9. The van der Waals surface area contributed by atoms with Gasteiger partial charge in [0.05, 0.1) is 17.6 Å². The van der Waals surface area contributed by atoms with Crippen molar-refractivity contribution in [3.05, 3.63) is 83.2 Å². The van der Waals surface area contributed by atoms with E-state index < -0.39 is 0 Å². The molecule has 0 saturated carbocycles. The Morgan fingerprint density at radius 1 is 1.14 bits per heavy atom. The maximum Gasteiger partial charge on any atom is 0.224 e. The van der Waals surface area contributed by atoms with Crippen molar-refractivity contribution < 1.29 is 14.3 Å². The number of aryl methyl sites for hydroxylation is 2. The van der Waals surface area contributed by atoms with Crippen LogP contribution in [0.1, 0.15) is 54.1 Å². The number of para-hydroxylation sites is 1. The minimum Gasteiger partial charge on any atom is -0.493 e. The van der Waals surface area contributed by atoms with Crippen LogP contribution in [0.25, 0.3) is 22.2 Å². The van der Waals surface area contributed by atoms with Gasteiger partial charge in [-0.05, 0) is 78.6 Å². The number of hydrogen-bond donors (Lipinski definition) is 1. The van der Waals surface area contributed by atoms with Gasteiger partial charge in [-0.3, -0.25) is 4.79 Å². The van der Waals surface area contributed by atoms with Crippen molar-refractivity contribution >= 4 is 16.9 Å². The van der Waals surface area contributed by atoms with Gasteiger partial charge in [0.15, 0.2) is 0 Å². The first-order valence-electron chi connectivity index (χ1n) is 15.3. The van der Waals surface area contributed by atoms with Gasteiger partial charge in [-0.15, -0.1) is 0 Å². The summed E-state index contributed by atoms with van der Waals surface area (Å²) in [7, 11) is 1.74. The fraction of sp³-hybridized carbons (Fsp3) is 0.429. The van der Waals surface area contributed by atoms with Crippen molar-refractivity contribution in [2.75, 3.05) is 33.4 Å². The van der Waals surface area contributed by atoms with E-state index in [1.807, 2.05) is 4.90 Å². The second kappa shape index (κ2) is 12.7. The summed E-state index contributed by atoms with van der Waals surface area (Å²) in [4.78, 5) is 20.6. The van der Waals surface area contributed by atoms with E-state index in [4.69, 9.17) is 20.2 Å². The molecule has 0 bridgehead atoms. The molecule has 1 saturated heterocycles. The minimum absolute atomic E-state index is 0.141. The number of imidazole rings is 1. The molecule has 0 radical (unpaired) electrons. The molecule has 2 aliphatic heterocycles. The molecule has 0 unspecified atom stereocenters. The van der Waals surface area contributed by atoms with E-state index in [2.05, 4.69) is 72.2 Å². The molecule has 1 aromatic heterocycles. The van der Waals surface area contributed by atoms with Crippen LogP contribution in [0, 0.1) is 6.92 Å². The third-order valence-corrected chi connectivity index (χ3v) is 8.79. The van der Waals surface area contributed by atoms with Crippen LogP contribution >= 0.6 is 0 Å². The fourth-order valence-electron chi connectivity index (χ4n) is 6.56. The number of nitrogens with two attached hydrogens (primary N) is 1. The van der Waals surface area contributed by atoms with Gasteiger partial charge >= 0.3 is 0 Å². The highest BCUT2D eigenvalue weighted by atomic mass is 16.5. The highest BCUT2D eigenvalue weighted by molar-refractivity contribution is 5.80. The first kappa shape index (κ1) is 28.4. The van der Waals surface area contributed by atoms with E-state index in [1.165, 1.54) is 27.8 Å². The highest BCUT2D eigenvalue weighted by Gasteiger charge is 2.29. The lowest BCUT2D eigenvalue weighted by Crippen LogP contribution is -2.42. The van der Waals surface area contributed by atoms with Gasteiger partial charge in [-0.25, -0.2) is 4.98 Å². The van der Waals surface area contributed by atoms with Crippen LogP contribution in [0.3, 0.4) is 0 Å². The number of methoxy groups -OCH3 is 1. The number of nitrogens with zero attached hydrogens (tertiary/aromatic N) is 3. The third kappa shape index (κ3) is 6.08. The molecule has 3 heterocycles. The summed E-state index contributed by atoms with van der Waals surface area (Å²) in [6.45, 7) is 5.93. The normalized spacial score (nSPS) is 17.3. The van der Waals surface area contributed by atoms with E-state index in [0.717, 1.165) is 68.0 Å². The van der Waals surface area contributed by atoms with E-state index in [1.54, 1.807) is 7.11 Å². The molecule has 2 atom stereocenters. The summed E-state index contributed by atoms with van der Waals surface area (Å²) in [5.74, 6) is 2.45. The predicted octanol–water partition coefficient (Wildman–Crippen LogP) is 5.65. The lowest BCUT2D eigenvalue weighted by Gasteiger charge is -2.33. The van der Waals surface area contributed by atoms with Gasteiger partial charge < -0.3 is 24.7 Å². The molecule has 2 aliphatic rings. The standard InChI is InChI=1S/C35H42N4O3/c1-24-6-3-8-31-34(24)37-35(39(31)17-5-18-41-2)29-7-4-16-38(23-29)33(40)22-30(36)20-25-9-11-26(12-10-25)27-13-14-32-28(21-27)15-19-42-32/h3,6,8-14,21,29-30H,4-5,7,15-20,22-23,36H2,1-2H3/t29-,30-/m1/s1. The SMILES string of the molecule is COCCCn1c([C@@H]2CCCN(C(=O)C[C@H](N)Cc3ccc(-c4ccc5c(c4)CCO5)cc3)C2)nc2c(C)cccc21. The lowest BCUT2D eigenvalue weighted by molar-refractivity contribution is -0.132. The Morgan fingerprint density at radius 2 is 1.98 bits per heavy atom. The number of carbonyl (C=O) groups is 1. The number of carbonyl (C=O) groups excluding carboxylic acids is 1. The minimum atomic E-state index is -0.220. The zero-order valence-corrected chi connectivity index (χ0v) is 24.9. The van der Waals surface area contributed by atoms with Gasteiger partial charge in [-0.1, -0.05) is 42.5 Å². The van der Waals surface area contributed by atoms with Crippen LogP contribution < -0.4 is 10.5 Å². The smallest absolute Gasteiger partial charge is 0.224 e. The largest absolute Gasteiger partial charge is 0.493 e. The molecule has 3 aromatic carbocycles. The molecule has 42 heavy (non-hydrogen) atoms. The number of piperidine rings is 1. The third-order valence-electron chi connectivity index (χ3n) is 8.79. The molecule has 1 fully saturated rings. The summed E-state index contributed by atoms with van der Waals surface area (Å²) < 4.78 is 13.3. The molecular formula is C35H42N4O3. The van der Waals surface area contributed by atoms with Crippen LogP contribution in [0.5, 0.6) is 5.75 Å². The quantitative estimate of drug-likeness (QED) is 0.251. The first-order valence-corrected chi connectivity index (χ1v) is 15.3. The van der Waals surface area contributed by atoms with Gasteiger partial charge in [-0.2, -0.15) is 0 Å². The molecule has 4 aromatic rings. The molecule has 220 valence electrons. The molecule has 7 heteroatoms. The number of likely N-dealkylation sites (tertiary alicyclic amines) is 1. The number of hydrogen-bond acceptors (Lipinski definition) is 5. The summed E-state index contributed by atoms with van der Waals surface area (Å²) in [5.41, 5.74) is 14.8. The van der Waals surface area contributed by atoms with Crippen molar-refractivity contribution in [3.63, 3.8) is 0 Å². The van der Waals surface area contributed by atoms with Crippen molar-refractivity contribution in [2.45, 2.75) is 64.0 Å².